The molecule has 0 unspecified atom stereocenters. The van der Waals surface area contributed by atoms with Crippen molar-refractivity contribution in [2.75, 3.05) is 61.0 Å². The lowest BCUT2D eigenvalue weighted by molar-refractivity contribution is 0.0656. The Bertz CT molecular complexity index is 874. The highest BCUT2D eigenvalue weighted by atomic mass is 16.5. The van der Waals surface area contributed by atoms with Gasteiger partial charge in [0.2, 0.25) is 5.88 Å². The van der Waals surface area contributed by atoms with E-state index < -0.39 is 0 Å². The van der Waals surface area contributed by atoms with Gasteiger partial charge in [0, 0.05) is 44.5 Å². The van der Waals surface area contributed by atoms with Gasteiger partial charge in [0.15, 0.2) is 0 Å². The van der Waals surface area contributed by atoms with Crippen LogP contribution in [0, 0.1) is 5.92 Å². The zero-order valence-electron chi connectivity index (χ0n) is 19.8. The number of hydrogen-bond donors (Lipinski definition) is 0. The molecule has 174 valence electrons. The summed E-state index contributed by atoms with van der Waals surface area (Å²) in [6.45, 7) is 5.11. The molecule has 0 bridgehead atoms. The van der Waals surface area contributed by atoms with E-state index in [0.717, 1.165) is 51.3 Å². The SMILES string of the molecule is COc1ccccc1CN1CCC[C@@H](CN(CCN(C)C)C(=O)c2cccnc2OC)C1. The van der Waals surface area contributed by atoms with Crippen LogP contribution in [0.5, 0.6) is 11.6 Å². The van der Waals surface area contributed by atoms with E-state index >= 15 is 0 Å². The van der Waals surface area contributed by atoms with Crippen LogP contribution in [0.25, 0.3) is 0 Å². The van der Waals surface area contributed by atoms with Gasteiger partial charge < -0.3 is 19.3 Å². The zero-order chi connectivity index (χ0) is 22.9. The van der Waals surface area contributed by atoms with E-state index in [4.69, 9.17) is 9.47 Å². The van der Waals surface area contributed by atoms with Gasteiger partial charge in [0.1, 0.15) is 11.3 Å². The van der Waals surface area contributed by atoms with E-state index in [1.165, 1.54) is 5.56 Å². The van der Waals surface area contributed by atoms with Gasteiger partial charge in [0.05, 0.1) is 14.2 Å². The second kappa shape index (κ2) is 11.8. The third-order valence-electron chi connectivity index (χ3n) is 5.97. The maximum absolute atomic E-state index is 13.4. The third kappa shape index (κ3) is 6.43. The highest BCUT2D eigenvalue weighted by Crippen LogP contribution is 2.25. The molecule has 1 aliphatic heterocycles. The van der Waals surface area contributed by atoms with Crippen molar-refractivity contribution in [3.8, 4) is 11.6 Å². The first-order valence-electron chi connectivity index (χ1n) is 11.3. The number of piperidine rings is 1. The number of likely N-dealkylation sites (N-methyl/N-ethyl adjacent to an activating group) is 1. The summed E-state index contributed by atoms with van der Waals surface area (Å²) in [7, 11) is 7.34. The Kier molecular flexibility index (Phi) is 8.88. The molecule has 0 N–H and O–H groups in total. The van der Waals surface area contributed by atoms with Crippen LogP contribution in [0.1, 0.15) is 28.8 Å². The monoisotopic (exact) mass is 440 g/mol. The second-order valence-corrected chi connectivity index (χ2v) is 8.67. The van der Waals surface area contributed by atoms with E-state index in [9.17, 15) is 4.79 Å². The van der Waals surface area contributed by atoms with Crippen LogP contribution in [0.2, 0.25) is 0 Å². The number of pyridine rings is 1. The number of hydrogen-bond acceptors (Lipinski definition) is 6. The van der Waals surface area contributed by atoms with Crippen molar-refractivity contribution in [3.63, 3.8) is 0 Å². The van der Waals surface area contributed by atoms with Crippen molar-refractivity contribution in [2.45, 2.75) is 19.4 Å². The number of ether oxygens (including phenoxy) is 2. The molecular formula is C25H36N4O3. The summed E-state index contributed by atoms with van der Waals surface area (Å²) in [6.07, 6.45) is 3.90. The van der Waals surface area contributed by atoms with E-state index in [2.05, 4.69) is 26.9 Å². The standard InChI is InChI=1S/C25H36N4O3/c1-27(2)15-16-29(25(30)22-11-7-13-26-24(22)32-4)18-20-9-8-14-28(17-20)19-21-10-5-6-12-23(21)31-3/h5-7,10-13,20H,8-9,14-19H2,1-4H3/t20-/m1/s1. The average molecular weight is 441 g/mol. The van der Waals surface area contributed by atoms with Gasteiger partial charge in [-0.05, 0) is 57.6 Å². The lowest BCUT2D eigenvalue weighted by atomic mass is 9.96. The van der Waals surface area contributed by atoms with Crippen LogP contribution in [0.15, 0.2) is 42.6 Å². The molecule has 1 aromatic carbocycles. The predicted octanol–water partition coefficient (Wildman–Crippen LogP) is 3.01. The predicted molar refractivity (Wildman–Crippen MR) is 126 cm³/mol. The van der Waals surface area contributed by atoms with Crippen molar-refractivity contribution in [3.05, 3.63) is 53.7 Å². The summed E-state index contributed by atoms with van der Waals surface area (Å²) in [5, 5.41) is 0. The molecule has 1 atom stereocenters. The summed E-state index contributed by atoms with van der Waals surface area (Å²) in [5.74, 6) is 1.72. The van der Waals surface area contributed by atoms with Gasteiger partial charge in [-0.1, -0.05) is 18.2 Å². The van der Waals surface area contributed by atoms with Crippen LogP contribution in [-0.2, 0) is 6.54 Å². The number of likely N-dealkylation sites (tertiary alicyclic amines) is 1. The van der Waals surface area contributed by atoms with Gasteiger partial charge in [-0.2, -0.15) is 0 Å². The molecule has 2 heterocycles. The van der Waals surface area contributed by atoms with E-state index in [1.54, 1.807) is 32.5 Å². The van der Waals surface area contributed by atoms with Crippen molar-refractivity contribution < 1.29 is 14.3 Å². The van der Waals surface area contributed by atoms with Crippen molar-refractivity contribution in [1.82, 2.24) is 19.7 Å². The molecule has 0 radical (unpaired) electrons. The lowest BCUT2D eigenvalue weighted by Crippen LogP contribution is -2.44. The van der Waals surface area contributed by atoms with E-state index in [0.29, 0.717) is 23.9 Å². The van der Waals surface area contributed by atoms with Crippen LogP contribution < -0.4 is 9.47 Å². The number of benzene rings is 1. The third-order valence-corrected chi connectivity index (χ3v) is 5.97. The Balaban J connectivity index is 1.70. The van der Waals surface area contributed by atoms with Crippen molar-refractivity contribution in [1.29, 1.82) is 0 Å². The summed E-state index contributed by atoms with van der Waals surface area (Å²) >= 11 is 0. The highest BCUT2D eigenvalue weighted by Gasteiger charge is 2.27. The molecular weight excluding hydrogens is 404 g/mol. The zero-order valence-corrected chi connectivity index (χ0v) is 19.8. The van der Waals surface area contributed by atoms with Crippen molar-refractivity contribution >= 4 is 5.91 Å². The molecule has 1 aromatic heterocycles. The van der Waals surface area contributed by atoms with Gasteiger partial charge in [0.25, 0.3) is 5.91 Å². The first kappa shape index (κ1) is 24.0. The first-order valence-corrected chi connectivity index (χ1v) is 11.3. The number of methoxy groups -OCH3 is 2. The molecule has 0 spiro atoms. The maximum atomic E-state index is 13.4. The number of nitrogens with zero attached hydrogens (tertiary/aromatic N) is 4. The van der Waals surface area contributed by atoms with Gasteiger partial charge in [-0.25, -0.2) is 4.98 Å². The van der Waals surface area contributed by atoms with E-state index in [1.807, 2.05) is 31.1 Å². The molecule has 1 aliphatic rings. The fourth-order valence-corrected chi connectivity index (χ4v) is 4.31. The Morgan fingerprint density at radius 1 is 1.12 bits per heavy atom. The minimum atomic E-state index is -0.0151. The van der Waals surface area contributed by atoms with Crippen LogP contribution >= 0.6 is 0 Å². The molecule has 0 saturated carbocycles. The fraction of sp³-hybridized carbons (Fsp3) is 0.520. The normalized spacial score (nSPS) is 16.7. The average Bonchev–Trinajstić information content (AvgIpc) is 2.81. The largest absolute Gasteiger partial charge is 0.496 e. The first-order chi connectivity index (χ1) is 15.5. The van der Waals surface area contributed by atoms with Gasteiger partial charge in [-0.3, -0.25) is 9.69 Å². The van der Waals surface area contributed by atoms with Crippen LogP contribution in [-0.4, -0.2) is 86.6 Å². The number of carbonyl (C=O) groups excluding carboxylic acids is 1. The van der Waals surface area contributed by atoms with Crippen LogP contribution in [0.4, 0.5) is 0 Å². The summed E-state index contributed by atoms with van der Waals surface area (Å²) in [6, 6.07) is 11.8. The molecule has 0 aliphatic carbocycles. The van der Waals surface area contributed by atoms with Crippen LogP contribution in [0.3, 0.4) is 0 Å². The Labute approximate surface area is 191 Å². The molecule has 3 rings (SSSR count). The number of para-hydroxylation sites is 1. The number of amides is 1. The molecule has 2 aromatic rings. The minimum Gasteiger partial charge on any atom is -0.496 e. The molecule has 7 nitrogen and oxygen atoms in total. The highest BCUT2D eigenvalue weighted by molar-refractivity contribution is 5.96. The summed E-state index contributed by atoms with van der Waals surface area (Å²) < 4.78 is 10.9. The fourth-order valence-electron chi connectivity index (χ4n) is 4.31. The molecule has 32 heavy (non-hydrogen) atoms. The summed E-state index contributed by atoms with van der Waals surface area (Å²) in [4.78, 5) is 24.2. The second-order valence-electron chi connectivity index (χ2n) is 8.67. The minimum absolute atomic E-state index is 0.0151. The molecule has 1 amide bonds. The number of carbonyl (C=O) groups is 1. The number of aromatic nitrogens is 1. The smallest absolute Gasteiger partial charge is 0.259 e. The summed E-state index contributed by atoms with van der Waals surface area (Å²) in [5.41, 5.74) is 1.73. The maximum Gasteiger partial charge on any atom is 0.259 e. The molecule has 1 saturated heterocycles. The quantitative estimate of drug-likeness (QED) is 0.566. The lowest BCUT2D eigenvalue weighted by Gasteiger charge is -2.36. The molecule has 7 heteroatoms. The van der Waals surface area contributed by atoms with Gasteiger partial charge in [-0.15, -0.1) is 0 Å². The Morgan fingerprint density at radius 3 is 2.69 bits per heavy atom. The van der Waals surface area contributed by atoms with E-state index in [-0.39, 0.29) is 5.91 Å². The topological polar surface area (TPSA) is 58.1 Å². The Hall–Kier alpha value is -2.64. The Morgan fingerprint density at radius 2 is 1.94 bits per heavy atom. The number of rotatable bonds is 10. The van der Waals surface area contributed by atoms with Crippen molar-refractivity contribution in [2.24, 2.45) is 5.92 Å². The molecule has 1 fully saturated rings. The van der Waals surface area contributed by atoms with Gasteiger partial charge >= 0.3 is 0 Å².